The SMILES string of the molecule is C=CCCCOc1nc(Cl)c(Cl)cc1Cl. The number of nitrogens with zero attached hydrogens (tertiary/aromatic N) is 1. The summed E-state index contributed by atoms with van der Waals surface area (Å²) in [7, 11) is 0. The molecule has 0 N–H and O–H groups in total. The van der Waals surface area contributed by atoms with Crippen LogP contribution in [0.25, 0.3) is 0 Å². The Balaban J connectivity index is 2.61. The Morgan fingerprint density at radius 3 is 2.73 bits per heavy atom. The zero-order valence-electron chi connectivity index (χ0n) is 7.97. The zero-order chi connectivity index (χ0) is 11.3. The van der Waals surface area contributed by atoms with Gasteiger partial charge in [0.05, 0.1) is 11.6 Å². The Hall–Kier alpha value is -0.440. The molecular weight excluding hydrogens is 256 g/mol. The van der Waals surface area contributed by atoms with E-state index in [0.717, 1.165) is 12.8 Å². The minimum absolute atomic E-state index is 0.194. The number of pyridine rings is 1. The van der Waals surface area contributed by atoms with Gasteiger partial charge in [0.1, 0.15) is 5.02 Å². The summed E-state index contributed by atoms with van der Waals surface area (Å²) in [5.41, 5.74) is 0. The van der Waals surface area contributed by atoms with E-state index in [9.17, 15) is 0 Å². The third kappa shape index (κ3) is 3.90. The van der Waals surface area contributed by atoms with Gasteiger partial charge in [-0.2, -0.15) is 4.98 Å². The molecule has 0 aliphatic carbocycles. The highest BCUT2D eigenvalue weighted by atomic mass is 35.5. The van der Waals surface area contributed by atoms with Crippen LogP contribution in [-0.4, -0.2) is 11.6 Å². The minimum Gasteiger partial charge on any atom is -0.477 e. The average Bonchev–Trinajstić information content (AvgIpc) is 2.20. The van der Waals surface area contributed by atoms with Crippen molar-refractivity contribution in [3.05, 3.63) is 33.9 Å². The summed E-state index contributed by atoms with van der Waals surface area (Å²) in [5, 5.41) is 0.878. The molecule has 0 saturated heterocycles. The summed E-state index contributed by atoms with van der Waals surface area (Å²) in [5.74, 6) is 0.315. The molecule has 0 aromatic carbocycles. The molecule has 1 rings (SSSR count). The van der Waals surface area contributed by atoms with Gasteiger partial charge in [-0.25, -0.2) is 0 Å². The molecule has 0 radical (unpaired) electrons. The van der Waals surface area contributed by atoms with Crippen LogP contribution in [0.5, 0.6) is 5.88 Å². The van der Waals surface area contributed by atoms with E-state index in [4.69, 9.17) is 39.5 Å². The fourth-order valence-electron chi connectivity index (χ4n) is 0.926. The highest BCUT2D eigenvalue weighted by Crippen LogP contribution is 2.30. The smallest absolute Gasteiger partial charge is 0.234 e. The van der Waals surface area contributed by atoms with E-state index in [1.165, 1.54) is 6.07 Å². The quantitative estimate of drug-likeness (QED) is 0.448. The number of allylic oxidation sites excluding steroid dienone is 1. The topological polar surface area (TPSA) is 22.1 Å². The molecular formula is C10H10Cl3NO. The van der Waals surface area contributed by atoms with Crippen molar-refractivity contribution in [2.24, 2.45) is 0 Å². The molecule has 1 heterocycles. The number of rotatable bonds is 5. The fraction of sp³-hybridized carbons (Fsp3) is 0.300. The van der Waals surface area contributed by atoms with Crippen LogP contribution in [0.15, 0.2) is 18.7 Å². The zero-order valence-corrected chi connectivity index (χ0v) is 10.2. The Morgan fingerprint density at radius 1 is 1.33 bits per heavy atom. The van der Waals surface area contributed by atoms with Gasteiger partial charge in [-0.05, 0) is 18.9 Å². The summed E-state index contributed by atoms with van der Waals surface area (Å²) in [4.78, 5) is 3.92. The van der Waals surface area contributed by atoms with E-state index in [2.05, 4.69) is 11.6 Å². The van der Waals surface area contributed by atoms with Crippen LogP contribution in [0, 0.1) is 0 Å². The van der Waals surface area contributed by atoms with Gasteiger partial charge in [-0.1, -0.05) is 40.9 Å². The van der Waals surface area contributed by atoms with E-state index in [1.54, 1.807) is 0 Å². The summed E-state index contributed by atoms with van der Waals surface area (Å²) >= 11 is 17.3. The standard InChI is InChI=1S/C10H10Cl3NO/c1-2-3-4-5-15-10-8(12)6-7(11)9(13)14-10/h2,6H,1,3-5H2. The molecule has 0 bridgehead atoms. The Kier molecular flexibility index (Phi) is 5.23. The lowest BCUT2D eigenvalue weighted by molar-refractivity contribution is 0.300. The maximum absolute atomic E-state index is 5.86. The first-order valence-corrected chi connectivity index (χ1v) is 5.53. The maximum Gasteiger partial charge on any atom is 0.234 e. The van der Waals surface area contributed by atoms with Crippen molar-refractivity contribution in [2.75, 3.05) is 6.61 Å². The number of ether oxygens (including phenoxy) is 1. The van der Waals surface area contributed by atoms with Gasteiger partial charge < -0.3 is 4.74 Å². The summed E-state index contributed by atoms with van der Waals surface area (Å²) in [6.07, 6.45) is 3.58. The van der Waals surface area contributed by atoms with Crippen molar-refractivity contribution < 1.29 is 4.74 Å². The second-order valence-electron chi connectivity index (χ2n) is 2.83. The molecule has 0 saturated carbocycles. The predicted molar refractivity (Wildman–Crippen MR) is 64.2 cm³/mol. The van der Waals surface area contributed by atoms with Crippen molar-refractivity contribution in [1.29, 1.82) is 0 Å². The molecule has 0 atom stereocenters. The molecule has 0 fully saturated rings. The molecule has 0 amide bonds. The van der Waals surface area contributed by atoms with Crippen molar-refractivity contribution in [3.63, 3.8) is 0 Å². The summed E-state index contributed by atoms with van der Waals surface area (Å²) in [6.45, 7) is 4.14. The number of aromatic nitrogens is 1. The van der Waals surface area contributed by atoms with Gasteiger partial charge in [0.25, 0.3) is 0 Å². The lowest BCUT2D eigenvalue weighted by Gasteiger charge is -2.07. The van der Waals surface area contributed by atoms with Crippen molar-refractivity contribution in [3.8, 4) is 5.88 Å². The molecule has 15 heavy (non-hydrogen) atoms. The van der Waals surface area contributed by atoms with Crippen LogP contribution < -0.4 is 4.74 Å². The second-order valence-corrected chi connectivity index (χ2v) is 4.00. The minimum atomic E-state index is 0.194. The van der Waals surface area contributed by atoms with Crippen molar-refractivity contribution in [1.82, 2.24) is 4.98 Å². The normalized spacial score (nSPS) is 10.1. The first kappa shape index (κ1) is 12.6. The molecule has 0 aliphatic heterocycles. The Morgan fingerprint density at radius 2 is 2.07 bits per heavy atom. The Bertz CT molecular complexity index is 355. The van der Waals surface area contributed by atoms with E-state index in [-0.39, 0.29) is 5.15 Å². The predicted octanol–water partition coefficient (Wildman–Crippen LogP) is 4.39. The monoisotopic (exact) mass is 265 g/mol. The number of hydrogen-bond acceptors (Lipinski definition) is 2. The van der Waals surface area contributed by atoms with Crippen LogP contribution >= 0.6 is 34.8 Å². The van der Waals surface area contributed by atoms with Crippen LogP contribution in [0.1, 0.15) is 12.8 Å². The first-order valence-electron chi connectivity index (χ1n) is 4.40. The summed E-state index contributed by atoms with van der Waals surface area (Å²) < 4.78 is 5.34. The van der Waals surface area contributed by atoms with Crippen molar-refractivity contribution in [2.45, 2.75) is 12.8 Å². The molecule has 1 aromatic rings. The van der Waals surface area contributed by atoms with Gasteiger partial charge in [0.2, 0.25) is 5.88 Å². The molecule has 0 spiro atoms. The number of unbranched alkanes of at least 4 members (excludes halogenated alkanes) is 1. The number of hydrogen-bond donors (Lipinski definition) is 0. The number of halogens is 3. The average molecular weight is 267 g/mol. The first-order chi connectivity index (χ1) is 7.15. The van der Waals surface area contributed by atoms with E-state index < -0.39 is 0 Å². The third-order valence-corrected chi connectivity index (χ3v) is 2.59. The fourth-order valence-corrected chi connectivity index (χ4v) is 1.47. The van der Waals surface area contributed by atoms with Gasteiger partial charge in [0.15, 0.2) is 5.15 Å². The van der Waals surface area contributed by atoms with Crippen LogP contribution in [0.3, 0.4) is 0 Å². The third-order valence-electron chi connectivity index (χ3n) is 1.65. The van der Waals surface area contributed by atoms with E-state index in [0.29, 0.717) is 22.5 Å². The summed E-state index contributed by atoms with van der Waals surface area (Å²) in [6, 6.07) is 1.52. The Labute approximate surface area is 104 Å². The van der Waals surface area contributed by atoms with Gasteiger partial charge >= 0.3 is 0 Å². The highest BCUT2D eigenvalue weighted by molar-refractivity contribution is 6.42. The molecule has 0 aliphatic rings. The van der Waals surface area contributed by atoms with E-state index >= 15 is 0 Å². The van der Waals surface area contributed by atoms with Gasteiger partial charge in [-0.15, -0.1) is 6.58 Å². The second kappa shape index (κ2) is 6.21. The highest BCUT2D eigenvalue weighted by Gasteiger charge is 2.08. The lowest BCUT2D eigenvalue weighted by atomic mass is 10.3. The van der Waals surface area contributed by atoms with Gasteiger partial charge in [0, 0.05) is 0 Å². The largest absolute Gasteiger partial charge is 0.477 e. The molecule has 82 valence electrons. The lowest BCUT2D eigenvalue weighted by Crippen LogP contribution is -1.99. The molecule has 0 unspecified atom stereocenters. The van der Waals surface area contributed by atoms with Gasteiger partial charge in [-0.3, -0.25) is 0 Å². The van der Waals surface area contributed by atoms with Crippen LogP contribution in [0.4, 0.5) is 0 Å². The van der Waals surface area contributed by atoms with E-state index in [1.807, 2.05) is 6.08 Å². The molecule has 1 aromatic heterocycles. The van der Waals surface area contributed by atoms with Crippen LogP contribution in [-0.2, 0) is 0 Å². The molecule has 5 heteroatoms. The van der Waals surface area contributed by atoms with Crippen molar-refractivity contribution >= 4 is 34.8 Å². The molecule has 2 nitrogen and oxygen atoms in total. The maximum atomic E-state index is 5.86. The van der Waals surface area contributed by atoms with Crippen LogP contribution in [0.2, 0.25) is 15.2 Å².